The van der Waals surface area contributed by atoms with Crippen LogP contribution in [-0.2, 0) is 16.0 Å². The summed E-state index contributed by atoms with van der Waals surface area (Å²) >= 11 is 11.4. The smallest absolute Gasteiger partial charge is 0.250 e. The lowest BCUT2D eigenvalue weighted by Gasteiger charge is -2.10. The number of amides is 2. The van der Waals surface area contributed by atoms with E-state index in [0.717, 1.165) is 16.7 Å². The van der Waals surface area contributed by atoms with E-state index in [4.69, 9.17) is 28.2 Å². The number of anilines is 2. The average Bonchev–Trinajstić information content (AvgIpc) is 3.35. The molecule has 0 saturated carbocycles. The van der Waals surface area contributed by atoms with E-state index in [-0.39, 0.29) is 11.0 Å². The Kier molecular flexibility index (Phi) is 8.51. The van der Waals surface area contributed by atoms with Crippen LogP contribution in [-0.4, -0.2) is 16.9 Å². The Bertz CT molecular complexity index is 1450. The molecule has 8 heteroatoms. The van der Waals surface area contributed by atoms with Crippen LogP contribution in [0.1, 0.15) is 16.9 Å². The molecule has 0 radical (unpaired) electrons. The highest BCUT2D eigenvalue weighted by Crippen LogP contribution is 2.27. The first kappa shape index (κ1) is 25.9. The molecule has 1 heterocycles. The molecule has 0 aliphatic heterocycles. The number of aryl methyl sites for hydroxylation is 1. The Morgan fingerprint density at radius 2 is 1.62 bits per heavy atom. The summed E-state index contributed by atoms with van der Waals surface area (Å²) in [5, 5.41) is 9.20. The first-order valence-electron chi connectivity index (χ1n) is 11.5. The van der Waals surface area contributed by atoms with E-state index in [2.05, 4.69) is 16.0 Å². The molecule has 4 aromatic rings. The largest absolute Gasteiger partial charge is 0.457 e. The number of hydrogen-bond acceptors (Lipinski definition) is 4. The lowest BCUT2D eigenvalue weighted by atomic mass is 10.1. The predicted molar refractivity (Wildman–Crippen MR) is 153 cm³/mol. The van der Waals surface area contributed by atoms with Crippen molar-refractivity contribution < 1.29 is 14.0 Å². The Balaban J connectivity index is 1.25. The SMILES string of the molecule is Cc1ccc(-c2ccc(/C=C/C(=O)NC(=S)Nc3ccc(NC(=O)Cc4ccccc4)cc3)o2)cc1Cl. The molecule has 0 aliphatic rings. The lowest BCUT2D eigenvalue weighted by Crippen LogP contribution is -2.32. The van der Waals surface area contributed by atoms with Crippen LogP contribution in [0.3, 0.4) is 0 Å². The van der Waals surface area contributed by atoms with Crippen molar-refractivity contribution in [3.05, 3.63) is 113 Å². The molecule has 4 rings (SSSR count). The lowest BCUT2D eigenvalue weighted by molar-refractivity contribution is -0.116. The van der Waals surface area contributed by atoms with Gasteiger partial charge in [0.25, 0.3) is 0 Å². The van der Waals surface area contributed by atoms with Gasteiger partial charge in [0.05, 0.1) is 6.42 Å². The number of nitrogens with one attached hydrogen (secondary N) is 3. The molecular formula is C29H24ClN3O3S. The molecule has 0 unspecified atom stereocenters. The van der Waals surface area contributed by atoms with E-state index in [9.17, 15) is 9.59 Å². The molecule has 0 atom stereocenters. The van der Waals surface area contributed by atoms with Crippen LogP contribution in [0.15, 0.2) is 95.4 Å². The van der Waals surface area contributed by atoms with Gasteiger partial charge in [-0.2, -0.15) is 0 Å². The second-order valence-corrected chi connectivity index (χ2v) is 9.05. The minimum Gasteiger partial charge on any atom is -0.457 e. The van der Waals surface area contributed by atoms with Crippen LogP contribution >= 0.6 is 23.8 Å². The van der Waals surface area contributed by atoms with Gasteiger partial charge in [0, 0.05) is 28.0 Å². The van der Waals surface area contributed by atoms with Gasteiger partial charge in [-0.25, -0.2) is 0 Å². The van der Waals surface area contributed by atoms with Crippen LogP contribution in [0.25, 0.3) is 17.4 Å². The van der Waals surface area contributed by atoms with Gasteiger partial charge in [-0.3, -0.25) is 14.9 Å². The Morgan fingerprint density at radius 1 is 0.919 bits per heavy atom. The molecule has 3 aromatic carbocycles. The van der Waals surface area contributed by atoms with E-state index in [1.807, 2.05) is 61.5 Å². The van der Waals surface area contributed by atoms with Crippen molar-refractivity contribution >= 4 is 58.2 Å². The zero-order valence-electron chi connectivity index (χ0n) is 20.0. The number of furan rings is 1. The monoisotopic (exact) mass is 529 g/mol. The van der Waals surface area contributed by atoms with E-state index >= 15 is 0 Å². The van der Waals surface area contributed by atoms with Gasteiger partial charge in [0.1, 0.15) is 11.5 Å². The molecule has 0 bridgehead atoms. The van der Waals surface area contributed by atoms with Gasteiger partial charge in [-0.05, 0) is 78.8 Å². The minimum atomic E-state index is -0.404. The average molecular weight is 530 g/mol. The Labute approximate surface area is 225 Å². The number of rotatable bonds is 7. The third kappa shape index (κ3) is 7.64. The summed E-state index contributed by atoms with van der Waals surface area (Å²) in [5.41, 5.74) is 4.11. The summed E-state index contributed by atoms with van der Waals surface area (Å²) < 4.78 is 5.78. The highest BCUT2D eigenvalue weighted by atomic mass is 35.5. The highest BCUT2D eigenvalue weighted by molar-refractivity contribution is 7.80. The predicted octanol–water partition coefficient (Wildman–Crippen LogP) is 6.62. The molecule has 0 aliphatic carbocycles. The molecule has 6 nitrogen and oxygen atoms in total. The van der Waals surface area contributed by atoms with E-state index in [1.165, 1.54) is 6.08 Å². The molecule has 3 N–H and O–H groups in total. The molecule has 0 saturated heterocycles. The molecule has 2 amide bonds. The van der Waals surface area contributed by atoms with Gasteiger partial charge in [0.2, 0.25) is 11.8 Å². The standard InChI is InChI=1S/C29H24ClN3O3S/c1-19-7-8-21(18-25(19)30)26-15-13-24(36-26)14-16-27(34)33-29(37)32-23-11-9-22(10-12-23)31-28(35)17-20-5-3-2-4-6-20/h2-16,18H,17H2,1H3,(H,31,35)(H2,32,33,34,37)/b16-14+. The first-order chi connectivity index (χ1) is 17.9. The summed E-state index contributed by atoms with van der Waals surface area (Å²) in [4.78, 5) is 24.5. The van der Waals surface area contributed by atoms with E-state index < -0.39 is 5.91 Å². The normalized spacial score (nSPS) is 10.8. The van der Waals surface area contributed by atoms with Crippen molar-refractivity contribution in [2.75, 3.05) is 10.6 Å². The molecular weight excluding hydrogens is 506 g/mol. The van der Waals surface area contributed by atoms with Crippen molar-refractivity contribution in [1.29, 1.82) is 0 Å². The minimum absolute atomic E-state index is 0.104. The second-order valence-electron chi connectivity index (χ2n) is 8.23. The number of hydrogen-bond donors (Lipinski definition) is 3. The fourth-order valence-corrected chi connectivity index (χ4v) is 3.84. The van der Waals surface area contributed by atoms with Crippen molar-refractivity contribution in [1.82, 2.24) is 5.32 Å². The second kappa shape index (κ2) is 12.2. The van der Waals surface area contributed by atoms with Crippen LogP contribution in [0.5, 0.6) is 0 Å². The fourth-order valence-electron chi connectivity index (χ4n) is 3.44. The molecule has 0 spiro atoms. The third-order valence-electron chi connectivity index (χ3n) is 5.35. The van der Waals surface area contributed by atoms with Gasteiger partial charge in [-0.15, -0.1) is 0 Å². The molecule has 37 heavy (non-hydrogen) atoms. The number of carbonyl (C=O) groups is 2. The van der Waals surface area contributed by atoms with Crippen molar-refractivity contribution in [3.8, 4) is 11.3 Å². The number of thiocarbonyl (C=S) groups is 1. The van der Waals surface area contributed by atoms with Gasteiger partial charge in [0.15, 0.2) is 5.11 Å². The van der Waals surface area contributed by atoms with Gasteiger partial charge >= 0.3 is 0 Å². The molecule has 186 valence electrons. The topological polar surface area (TPSA) is 83.4 Å². The first-order valence-corrected chi connectivity index (χ1v) is 12.2. The maximum absolute atomic E-state index is 12.3. The summed E-state index contributed by atoms with van der Waals surface area (Å²) in [6.07, 6.45) is 3.19. The number of carbonyl (C=O) groups excluding carboxylic acids is 2. The zero-order valence-corrected chi connectivity index (χ0v) is 21.5. The summed E-state index contributed by atoms with van der Waals surface area (Å²) in [6.45, 7) is 1.93. The van der Waals surface area contributed by atoms with Crippen molar-refractivity contribution in [2.45, 2.75) is 13.3 Å². The Morgan fingerprint density at radius 3 is 2.32 bits per heavy atom. The maximum atomic E-state index is 12.3. The van der Waals surface area contributed by atoms with Crippen LogP contribution < -0.4 is 16.0 Å². The zero-order chi connectivity index (χ0) is 26.2. The van der Waals surface area contributed by atoms with Gasteiger partial charge < -0.3 is 15.1 Å². The van der Waals surface area contributed by atoms with Crippen LogP contribution in [0, 0.1) is 6.92 Å². The highest BCUT2D eigenvalue weighted by Gasteiger charge is 2.07. The van der Waals surface area contributed by atoms with E-state index in [0.29, 0.717) is 34.3 Å². The van der Waals surface area contributed by atoms with Crippen molar-refractivity contribution in [2.24, 2.45) is 0 Å². The van der Waals surface area contributed by atoms with Crippen LogP contribution in [0.4, 0.5) is 11.4 Å². The molecule has 0 fully saturated rings. The third-order valence-corrected chi connectivity index (χ3v) is 5.96. The summed E-state index contributed by atoms with van der Waals surface area (Å²) in [7, 11) is 0. The number of benzene rings is 3. The van der Waals surface area contributed by atoms with Crippen LogP contribution in [0.2, 0.25) is 5.02 Å². The van der Waals surface area contributed by atoms with E-state index in [1.54, 1.807) is 36.4 Å². The Hall–Kier alpha value is -4.20. The molecule has 1 aromatic heterocycles. The van der Waals surface area contributed by atoms with Crippen molar-refractivity contribution in [3.63, 3.8) is 0 Å². The quantitative estimate of drug-likeness (QED) is 0.185. The maximum Gasteiger partial charge on any atom is 0.250 e. The van der Waals surface area contributed by atoms with Gasteiger partial charge in [-0.1, -0.05) is 54.1 Å². The summed E-state index contributed by atoms with van der Waals surface area (Å²) in [5.74, 6) is 0.663. The number of halogens is 1. The summed E-state index contributed by atoms with van der Waals surface area (Å²) in [6, 6.07) is 25.8. The fraction of sp³-hybridized carbons (Fsp3) is 0.0690.